The van der Waals surface area contributed by atoms with E-state index in [9.17, 15) is 0 Å². The molecule has 16 heavy (non-hydrogen) atoms. The molecule has 0 bridgehead atoms. The van der Waals surface area contributed by atoms with E-state index in [1.165, 1.54) is 25.7 Å². The Morgan fingerprint density at radius 1 is 1.19 bits per heavy atom. The number of hydrogen-bond acceptors (Lipinski definition) is 5. The SMILES string of the molecule is OCCCc1nc(N2CCCCCC2)no1. The predicted octanol–water partition coefficient (Wildman–Crippen LogP) is 1.37. The van der Waals surface area contributed by atoms with Crippen LogP contribution in [0.2, 0.25) is 0 Å². The highest BCUT2D eigenvalue weighted by molar-refractivity contribution is 5.27. The average Bonchev–Trinajstić information content (AvgIpc) is 2.60. The van der Waals surface area contributed by atoms with Crippen molar-refractivity contribution in [2.75, 3.05) is 24.6 Å². The first-order valence-electron chi connectivity index (χ1n) is 6.08. The second-order valence-electron chi connectivity index (χ2n) is 4.22. The number of aryl methyl sites for hydroxylation is 1. The summed E-state index contributed by atoms with van der Waals surface area (Å²) in [6.45, 7) is 2.22. The van der Waals surface area contributed by atoms with Gasteiger partial charge in [-0.2, -0.15) is 4.98 Å². The monoisotopic (exact) mass is 225 g/mol. The molecule has 1 N–H and O–H groups in total. The van der Waals surface area contributed by atoms with Crippen LogP contribution in [-0.4, -0.2) is 34.9 Å². The fourth-order valence-electron chi connectivity index (χ4n) is 1.98. The zero-order valence-electron chi connectivity index (χ0n) is 9.56. The first-order chi connectivity index (χ1) is 7.90. The van der Waals surface area contributed by atoms with E-state index >= 15 is 0 Å². The highest BCUT2D eigenvalue weighted by Gasteiger charge is 2.15. The van der Waals surface area contributed by atoms with Crippen molar-refractivity contribution in [3.05, 3.63) is 5.89 Å². The highest BCUT2D eigenvalue weighted by Crippen LogP contribution is 2.16. The molecule has 1 aliphatic rings. The molecule has 0 saturated carbocycles. The lowest BCUT2D eigenvalue weighted by Crippen LogP contribution is -2.24. The number of nitrogens with zero attached hydrogens (tertiary/aromatic N) is 3. The van der Waals surface area contributed by atoms with Gasteiger partial charge in [0, 0.05) is 26.1 Å². The fraction of sp³-hybridized carbons (Fsp3) is 0.818. The van der Waals surface area contributed by atoms with Gasteiger partial charge in [-0.3, -0.25) is 0 Å². The van der Waals surface area contributed by atoms with Crippen LogP contribution < -0.4 is 4.90 Å². The van der Waals surface area contributed by atoms with Crippen LogP contribution in [0.1, 0.15) is 38.0 Å². The number of aliphatic hydroxyl groups excluding tert-OH is 1. The maximum atomic E-state index is 8.72. The normalized spacial score (nSPS) is 17.4. The molecule has 5 nitrogen and oxygen atoms in total. The van der Waals surface area contributed by atoms with Crippen molar-refractivity contribution in [3.8, 4) is 0 Å². The second-order valence-corrected chi connectivity index (χ2v) is 4.22. The Bertz CT molecular complexity index is 306. The molecule has 90 valence electrons. The van der Waals surface area contributed by atoms with Crippen LogP contribution in [0.5, 0.6) is 0 Å². The van der Waals surface area contributed by atoms with Crippen molar-refractivity contribution in [2.45, 2.75) is 38.5 Å². The maximum absolute atomic E-state index is 8.72. The number of aromatic nitrogens is 2. The second kappa shape index (κ2) is 5.84. The van der Waals surface area contributed by atoms with E-state index < -0.39 is 0 Å². The third-order valence-electron chi connectivity index (χ3n) is 2.90. The van der Waals surface area contributed by atoms with Gasteiger partial charge in [0.15, 0.2) is 0 Å². The molecule has 2 rings (SSSR count). The van der Waals surface area contributed by atoms with Crippen LogP contribution in [0.25, 0.3) is 0 Å². The average molecular weight is 225 g/mol. The Hall–Kier alpha value is -1.10. The summed E-state index contributed by atoms with van der Waals surface area (Å²) in [5.74, 6) is 1.35. The lowest BCUT2D eigenvalue weighted by molar-refractivity contribution is 0.278. The van der Waals surface area contributed by atoms with Crippen LogP contribution in [0.15, 0.2) is 4.52 Å². The largest absolute Gasteiger partial charge is 0.396 e. The maximum Gasteiger partial charge on any atom is 0.266 e. The fourth-order valence-corrected chi connectivity index (χ4v) is 1.98. The molecular formula is C11H19N3O2. The van der Waals surface area contributed by atoms with Crippen LogP contribution in [0, 0.1) is 0 Å². The molecule has 0 unspecified atom stereocenters. The van der Waals surface area contributed by atoms with E-state index in [0.717, 1.165) is 19.0 Å². The Labute approximate surface area is 95.4 Å². The Morgan fingerprint density at radius 2 is 1.94 bits per heavy atom. The lowest BCUT2D eigenvalue weighted by Gasteiger charge is -2.16. The molecule has 2 heterocycles. The van der Waals surface area contributed by atoms with Gasteiger partial charge in [0.2, 0.25) is 5.89 Å². The molecule has 0 radical (unpaired) electrons. The van der Waals surface area contributed by atoms with Gasteiger partial charge in [0.1, 0.15) is 0 Å². The molecule has 5 heteroatoms. The Morgan fingerprint density at radius 3 is 2.62 bits per heavy atom. The molecule has 1 aliphatic heterocycles. The molecule has 0 amide bonds. The van der Waals surface area contributed by atoms with Gasteiger partial charge in [-0.15, -0.1) is 0 Å². The molecule has 0 aromatic carbocycles. The third kappa shape index (κ3) is 2.95. The van der Waals surface area contributed by atoms with Crippen LogP contribution in [-0.2, 0) is 6.42 Å². The summed E-state index contributed by atoms with van der Waals surface area (Å²) < 4.78 is 5.15. The van der Waals surface area contributed by atoms with Crippen LogP contribution >= 0.6 is 0 Å². The minimum atomic E-state index is 0.168. The van der Waals surface area contributed by atoms with Crippen molar-refractivity contribution in [1.29, 1.82) is 0 Å². The van der Waals surface area contributed by atoms with Crippen molar-refractivity contribution in [3.63, 3.8) is 0 Å². The summed E-state index contributed by atoms with van der Waals surface area (Å²) >= 11 is 0. The third-order valence-corrected chi connectivity index (χ3v) is 2.90. The topological polar surface area (TPSA) is 62.4 Å². The number of rotatable bonds is 4. The molecule has 1 fully saturated rings. The molecule has 1 aromatic rings. The Kier molecular flexibility index (Phi) is 4.16. The van der Waals surface area contributed by atoms with Crippen LogP contribution in [0.4, 0.5) is 5.95 Å². The van der Waals surface area contributed by atoms with E-state index in [1.54, 1.807) is 0 Å². The van der Waals surface area contributed by atoms with E-state index in [1.807, 2.05) is 0 Å². The van der Waals surface area contributed by atoms with Crippen molar-refractivity contribution < 1.29 is 9.63 Å². The van der Waals surface area contributed by atoms with Crippen LogP contribution in [0.3, 0.4) is 0 Å². The number of aliphatic hydroxyl groups is 1. The Balaban J connectivity index is 1.94. The van der Waals surface area contributed by atoms with Gasteiger partial charge in [-0.1, -0.05) is 12.8 Å². The molecule has 0 spiro atoms. The summed E-state index contributed by atoms with van der Waals surface area (Å²) in [7, 11) is 0. The number of hydrogen-bond donors (Lipinski definition) is 1. The first-order valence-corrected chi connectivity index (χ1v) is 6.08. The van der Waals surface area contributed by atoms with E-state index in [-0.39, 0.29) is 6.61 Å². The first kappa shape index (κ1) is 11.4. The summed E-state index contributed by atoms with van der Waals surface area (Å²) in [6, 6.07) is 0. The lowest BCUT2D eigenvalue weighted by atomic mass is 10.2. The van der Waals surface area contributed by atoms with Crippen molar-refractivity contribution in [2.24, 2.45) is 0 Å². The van der Waals surface area contributed by atoms with Gasteiger partial charge in [-0.05, 0) is 24.4 Å². The van der Waals surface area contributed by atoms with Gasteiger partial charge < -0.3 is 14.5 Å². The smallest absolute Gasteiger partial charge is 0.266 e. The molecule has 1 saturated heterocycles. The highest BCUT2D eigenvalue weighted by atomic mass is 16.5. The summed E-state index contributed by atoms with van der Waals surface area (Å²) in [5.41, 5.74) is 0. The summed E-state index contributed by atoms with van der Waals surface area (Å²) in [4.78, 5) is 6.54. The quantitative estimate of drug-likeness (QED) is 0.838. The molecule has 0 atom stereocenters. The zero-order chi connectivity index (χ0) is 11.2. The van der Waals surface area contributed by atoms with E-state index in [2.05, 4.69) is 15.0 Å². The van der Waals surface area contributed by atoms with Crippen molar-refractivity contribution in [1.82, 2.24) is 10.1 Å². The summed E-state index contributed by atoms with van der Waals surface area (Å²) in [6.07, 6.45) is 6.36. The van der Waals surface area contributed by atoms with Gasteiger partial charge in [-0.25, -0.2) is 0 Å². The van der Waals surface area contributed by atoms with E-state index in [0.29, 0.717) is 18.7 Å². The minimum Gasteiger partial charge on any atom is -0.396 e. The van der Waals surface area contributed by atoms with Crippen molar-refractivity contribution >= 4 is 5.95 Å². The summed E-state index contributed by atoms with van der Waals surface area (Å²) in [5, 5.41) is 12.7. The molecule has 1 aromatic heterocycles. The van der Waals surface area contributed by atoms with Gasteiger partial charge in [0.05, 0.1) is 0 Å². The zero-order valence-corrected chi connectivity index (χ0v) is 9.56. The molecular weight excluding hydrogens is 206 g/mol. The van der Waals surface area contributed by atoms with Gasteiger partial charge in [0.25, 0.3) is 5.95 Å². The van der Waals surface area contributed by atoms with E-state index in [4.69, 9.17) is 9.63 Å². The molecule has 0 aliphatic carbocycles. The number of anilines is 1. The van der Waals surface area contributed by atoms with Gasteiger partial charge >= 0.3 is 0 Å². The standard InChI is InChI=1S/C11H19N3O2/c15-9-5-6-10-12-11(13-16-10)14-7-3-1-2-4-8-14/h15H,1-9H2. The predicted molar refractivity (Wildman–Crippen MR) is 60.4 cm³/mol. The minimum absolute atomic E-state index is 0.168.